The molecule has 1 aromatic carbocycles. The SMILES string of the molecule is CC1(C2CCCC2)Cc2cc(OCCCC(=O)c3ncc[nH]3)c(Cl)c(Cl)c2C1=O. The van der Waals surface area contributed by atoms with E-state index in [1.165, 1.54) is 12.8 Å². The molecule has 0 amide bonds. The van der Waals surface area contributed by atoms with Gasteiger partial charge in [0.2, 0.25) is 0 Å². The lowest BCUT2D eigenvalue weighted by Crippen LogP contribution is -2.32. The van der Waals surface area contributed by atoms with Crippen LogP contribution in [-0.4, -0.2) is 28.1 Å². The van der Waals surface area contributed by atoms with Gasteiger partial charge in [0.15, 0.2) is 17.4 Å². The number of carbonyl (C=O) groups is 2. The molecule has 2 aromatic rings. The van der Waals surface area contributed by atoms with Gasteiger partial charge in [0, 0.05) is 29.8 Å². The molecule has 0 radical (unpaired) electrons. The summed E-state index contributed by atoms with van der Waals surface area (Å²) in [5.74, 6) is 1.28. The van der Waals surface area contributed by atoms with Crippen LogP contribution in [0.25, 0.3) is 0 Å². The van der Waals surface area contributed by atoms with Crippen LogP contribution in [0.1, 0.15) is 72.0 Å². The van der Waals surface area contributed by atoms with Crippen molar-refractivity contribution in [2.45, 2.75) is 51.9 Å². The predicted molar refractivity (Wildman–Crippen MR) is 112 cm³/mol. The van der Waals surface area contributed by atoms with Gasteiger partial charge >= 0.3 is 0 Å². The van der Waals surface area contributed by atoms with Gasteiger partial charge < -0.3 is 9.72 Å². The van der Waals surface area contributed by atoms with Crippen molar-refractivity contribution in [3.8, 4) is 5.75 Å². The Morgan fingerprint density at radius 2 is 2.07 bits per heavy atom. The van der Waals surface area contributed by atoms with E-state index in [2.05, 4.69) is 16.9 Å². The quantitative estimate of drug-likeness (QED) is 0.448. The maximum absolute atomic E-state index is 13.2. The van der Waals surface area contributed by atoms with Gasteiger partial charge in [0.05, 0.1) is 11.6 Å². The Morgan fingerprint density at radius 3 is 2.76 bits per heavy atom. The molecule has 7 heteroatoms. The number of Topliss-reactive ketones (excluding diaryl/α,β-unsaturated/α-hetero) is 2. The second-order valence-electron chi connectivity index (χ2n) is 8.25. The van der Waals surface area contributed by atoms with Crippen molar-refractivity contribution in [2.24, 2.45) is 11.3 Å². The number of aromatic amines is 1. The number of hydrogen-bond donors (Lipinski definition) is 1. The van der Waals surface area contributed by atoms with Gasteiger partial charge in [-0.05, 0) is 43.2 Å². The fraction of sp³-hybridized carbons (Fsp3) is 0.500. The first-order valence-electron chi connectivity index (χ1n) is 10.1. The fourth-order valence-electron chi connectivity index (χ4n) is 4.75. The predicted octanol–water partition coefficient (Wildman–Crippen LogP) is 5.69. The number of rotatable bonds is 7. The summed E-state index contributed by atoms with van der Waals surface area (Å²) in [6.07, 6.45) is 9.25. The first-order valence-corrected chi connectivity index (χ1v) is 10.9. The van der Waals surface area contributed by atoms with Crippen molar-refractivity contribution in [3.63, 3.8) is 0 Å². The summed E-state index contributed by atoms with van der Waals surface area (Å²) in [6, 6.07) is 1.86. The zero-order chi connectivity index (χ0) is 20.6. The van der Waals surface area contributed by atoms with Crippen LogP contribution in [-0.2, 0) is 6.42 Å². The minimum absolute atomic E-state index is 0.0605. The number of H-pyrrole nitrogens is 1. The van der Waals surface area contributed by atoms with Crippen LogP contribution in [0.4, 0.5) is 0 Å². The Labute approximate surface area is 180 Å². The van der Waals surface area contributed by atoms with Crippen molar-refractivity contribution in [1.29, 1.82) is 0 Å². The molecule has 1 atom stereocenters. The normalized spacial score (nSPS) is 21.6. The first kappa shape index (κ1) is 20.4. The summed E-state index contributed by atoms with van der Waals surface area (Å²) >= 11 is 12.9. The summed E-state index contributed by atoms with van der Waals surface area (Å²) in [5.41, 5.74) is 1.08. The van der Waals surface area contributed by atoms with Crippen LogP contribution < -0.4 is 4.74 Å². The average Bonchev–Trinajstić information content (AvgIpc) is 3.45. The number of nitrogens with zero attached hydrogens (tertiary/aromatic N) is 1. The van der Waals surface area contributed by atoms with Crippen molar-refractivity contribution in [1.82, 2.24) is 9.97 Å². The molecule has 154 valence electrons. The molecule has 0 bridgehead atoms. The smallest absolute Gasteiger partial charge is 0.198 e. The zero-order valence-electron chi connectivity index (χ0n) is 16.4. The fourth-order valence-corrected chi connectivity index (χ4v) is 5.25. The monoisotopic (exact) mass is 434 g/mol. The number of benzene rings is 1. The van der Waals surface area contributed by atoms with Crippen LogP contribution in [0.5, 0.6) is 5.75 Å². The van der Waals surface area contributed by atoms with Gasteiger partial charge in [-0.1, -0.05) is 43.0 Å². The average molecular weight is 435 g/mol. The number of hydrogen-bond acceptors (Lipinski definition) is 4. The number of ketones is 2. The van der Waals surface area contributed by atoms with Gasteiger partial charge in [0.25, 0.3) is 0 Å². The van der Waals surface area contributed by atoms with Crippen LogP contribution in [0.15, 0.2) is 18.5 Å². The molecular weight excluding hydrogens is 411 g/mol. The molecule has 1 aromatic heterocycles. The molecule has 1 heterocycles. The molecule has 1 fully saturated rings. The Kier molecular flexibility index (Phi) is 5.71. The molecule has 2 aliphatic rings. The van der Waals surface area contributed by atoms with E-state index < -0.39 is 5.41 Å². The van der Waals surface area contributed by atoms with E-state index >= 15 is 0 Å². The van der Waals surface area contributed by atoms with Gasteiger partial charge in [0.1, 0.15) is 10.8 Å². The Hall–Kier alpha value is -1.85. The Morgan fingerprint density at radius 1 is 1.31 bits per heavy atom. The highest BCUT2D eigenvalue weighted by atomic mass is 35.5. The molecule has 0 aliphatic heterocycles. The number of aromatic nitrogens is 2. The standard InChI is InChI=1S/C22H24Cl2N2O3/c1-22(14-5-2-3-6-14)12-13-11-16(18(23)19(24)17(13)20(22)28)29-10-4-7-15(27)21-25-8-9-26-21/h8-9,11,14H,2-7,10,12H2,1H3,(H,25,26). The van der Waals surface area contributed by atoms with Crippen LogP contribution in [0.3, 0.4) is 0 Å². The van der Waals surface area contributed by atoms with Gasteiger partial charge in [-0.2, -0.15) is 0 Å². The van der Waals surface area contributed by atoms with Gasteiger partial charge in [-0.3, -0.25) is 9.59 Å². The van der Waals surface area contributed by atoms with Gasteiger partial charge in [-0.15, -0.1) is 0 Å². The van der Waals surface area contributed by atoms with Crippen LogP contribution >= 0.6 is 23.2 Å². The molecule has 1 unspecified atom stereocenters. The van der Waals surface area contributed by atoms with Crippen molar-refractivity contribution < 1.29 is 14.3 Å². The second kappa shape index (κ2) is 8.11. The number of carbonyl (C=O) groups excluding carboxylic acids is 2. The Balaban J connectivity index is 1.45. The molecule has 1 N–H and O–H groups in total. The summed E-state index contributed by atoms with van der Waals surface area (Å²) in [5, 5.41) is 0.560. The van der Waals surface area contributed by atoms with E-state index in [4.69, 9.17) is 27.9 Å². The van der Waals surface area contributed by atoms with E-state index in [1.807, 2.05) is 6.07 Å². The lowest BCUT2D eigenvalue weighted by molar-refractivity contribution is 0.0744. The topological polar surface area (TPSA) is 72.0 Å². The molecule has 29 heavy (non-hydrogen) atoms. The lowest BCUT2D eigenvalue weighted by Gasteiger charge is -2.29. The van der Waals surface area contributed by atoms with Crippen LogP contribution in [0.2, 0.25) is 10.0 Å². The highest BCUT2D eigenvalue weighted by molar-refractivity contribution is 6.45. The van der Waals surface area contributed by atoms with Crippen molar-refractivity contribution in [2.75, 3.05) is 6.61 Å². The van der Waals surface area contributed by atoms with Crippen LogP contribution in [0, 0.1) is 11.3 Å². The van der Waals surface area contributed by atoms with E-state index in [1.54, 1.807) is 12.4 Å². The number of nitrogens with one attached hydrogen (secondary N) is 1. The lowest BCUT2D eigenvalue weighted by atomic mass is 9.73. The maximum Gasteiger partial charge on any atom is 0.198 e. The largest absolute Gasteiger partial charge is 0.492 e. The molecule has 1 saturated carbocycles. The molecule has 2 aliphatic carbocycles. The third kappa shape index (κ3) is 3.71. The molecule has 5 nitrogen and oxygen atoms in total. The minimum atomic E-state index is -0.403. The summed E-state index contributed by atoms with van der Waals surface area (Å²) in [7, 11) is 0. The molecule has 0 spiro atoms. The number of ether oxygens (including phenoxy) is 1. The Bertz CT molecular complexity index is 936. The third-order valence-corrected chi connectivity index (χ3v) is 7.23. The van der Waals surface area contributed by atoms with E-state index in [0.29, 0.717) is 48.9 Å². The highest BCUT2D eigenvalue weighted by Gasteiger charge is 2.49. The number of fused-ring (bicyclic) bond motifs is 1. The molecule has 0 saturated heterocycles. The number of halogens is 2. The summed E-state index contributed by atoms with van der Waals surface area (Å²) in [4.78, 5) is 32.0. The van der Waals surface area contributed by atoms with Gasteiger partial charge in [-0.25, -0.2) is 4.98 Å². The molecular formula is C22H24Cl2N2O3. The van der Waals surface area contributed by atoms with Crippen molar-refractivity contribution >= 4 is 34.8 Å². The van der Waals surface area contributed by atoms with E-state index in [-0.39, 0.29) is 21.6 Å². The molecule has 4 rings (SSSR count). The first-order chi connectivity index (χ1) is 13.9. The second-order valence-corrected chi connectivity index (χ2v) is 9.01. The van der Waals surface area contributed by atoms with Crippen molar-refractivity contribution in [3.05, 3.63) is 45.5 Å². The van der Waals surface area contributed by atoms with E-state index in [0.717, 1.165) is 18.4 Å². The minimum Gasteiger partial charge on any atom is -0.492 e. The zero-order valence-corrected chi connectivity index (χ0v) is 17.9. The third-order valence-electron chi connectivity index (χ3n) is 6.38. The summed E-state index contributed by atoms with van der Waals surface area (Å²) in [6.45, 7) is 2.39. The highest BCUT2D eigenvalue weighted by Crippen LogP contribution is 2.52. The van der Waals surface area contributed by atoms with E-state index in [9.17, 15) is 9.59 Å². The number of imidazole rings is 1. The summed E-state index contributed by atoms with van der Waals surface area (Å²) < 4.78 is 5.83. The maximum atomic E-state index is 13.2.